The van der Waals surface area contributed by atoms with Crippen molar-refractivity contribution in [2.24, 2.45) is 5.92 Å². The molecule has 2 amide bonds. The van der Waals surface area contributed by atoms with Crippen LogP contribution in [0.3, 0.4) is 0 Å². The number of nitrogens with one attached hydrogen (secondary N) is 1. The molecule has 0 radical (unpaired) electrons. The predicted molar refractivity (Wildman–Crippen MR) is 121 cm³/mol. The number of carbonyl (C=O) groups excluding carboxylic acids is 2. The third-order valence-electron chi connectivity index (χ3n) is 5.58. The number of hydrogen-bond donors (Lipinski definition) is 1. The fourth-order valence-corrected chi connectivity index (χ4v) is 4.30. The molecule has 0 spiro atoms. The average Bonchev–Trinajstić information content (AvgIpc) is 3.32. The summed E-state index contributed by atoms with van der Waals surface area (Å²) in [7, 11) is 0. The van der Waals surface area contributed by atoms with E-state index < -0.39 is 0 Å². The topological polar surface area (TPSA) is 61.9 Å². The lowest BCUT2D eigenvalue weighted by atomic mass is 9.95. The zero-order chi connectivity index (χ0) is 21.3. The number of amides is 2. The number of likely N-dealkylation sites (N-methyl/N-ethyl adjacent to an activating group) is 1. The third kappa shape index (κ3) is 6.06. The lowest BCUT2D eigenvalue weighted by Gasteiger charge is -2.31. The van der Waals surface area contributed by atoms with E-state index in [0.29, 0.717) is 32.5 Å². The first-order chi connectivity index (χ1) is 14.6. The molecule has 2 aromatic rings. The van der Waals surface area contributed by atoms with Crippen molar-refractivity contribution in [3.63, 3.8) is 0 Å². The van der Waals surface area contributed by atoms with E-state index in [2.05, 4.69) is 24.1 Å². The predicted octanol–water partition coefficient (Wildman–Crippen LogP) is 3.96. The van der Waals surface area contributed by atoms with Gasteiger partial charge in [0.15, 0.2) is 0 Å². The molecule has 2 heterocycles. The Morgan fingerprint density at radius 3 is 2.43 bits per heavy atom. The van der Waals surface area contributed by atoms with Gasteiger partial charge in [0.1, 0.15) is 12.4 Å². The van der Waals surface area contributed by atoms with E-state index in [1.807, 2.05) is 46.7 Å². The highest BCUT2D eigenvalue weighted by Crippen LogP contribution is 2.23. The second-order valence-corrected chi connectivity index (χ2v) is 8.38. The number of hydrogen-bond acceptors (Lipinski definition) is 5. The monoisotopic (exact) mass is 429 g/mol. The minimum atomic E-state index is -0.0672. The molecule has 0 atom stereocenters. The van der Waals surface area contributed by atoms with E-state index >= 15 is 0 Å². The van der Waals surface area contributed by atoms with Gasteiger partial charge >= 0.3 is 0 Å². The van der Waals surface area contributed by atoms with Crippen LogP contribution in [0.25, 0.3) is 0 Å². The van der Waals surface area contributed by atoms with E-state index in [1.165, 1.54) is 11.3 Å². The summed E-state index contributed by atoms with van der Waals surface area (Å²) < 4.78 is 5.79. The first kappa shape index (κ1) is 22.3. The molecular formula is C23H31N3O3S. The lowest BCUT2D eigenvalue weighted by molar-refractivity contribution is -0.121. The maximum absolute atomic E-state index is 12.6. The Hall–Kier alpha value is -2.38. The van der Waals surface area contributed by atoms with Crippen molar-refractivity contribution in [3.8, 4) is 5.75 Å². The van der Waals surface area contributed by atoms with Crippen molar-refractivity contribution in [1.82, 2.24) is 9.80 Å². The molecule has 1 aliphatic heterocycles. The molecule has 1 aliphatic rings. The van der Waals surface area contributed by atoms with E-state index in [0.717, 1.165) is 35.9 Å². The number of rotatable bonds is 9. The molecule has 1 N–H and O–H groups in total. The standard InChI is InChI=1S/C23H31N3O3S/c1-3-25(4-2)15-16-29-20-9-7-19(8-10-20)24-22(27)18-11-13-26(14-12-18)23(28)21-6-5-17-30-21/h5-10,17-18H,3-4,11-16H2,1-2H3,(H,24,27). The second kappa shape index (κ2) is 11.1. The summed E-state index contributed by atoms with van der Waals surface area (Å²) in [5.41, 5.74) is 0.771. The fourth-order valence-electron chi connectivity index (χ4n) is 3.61. The second-order valence-electron chi connectivity index (χ2n) is 7.43. The van der Waals surface area contributed by atoms with Crippen LogP contribution in [-0.2, 0) is 4.79 Å². The average molecular weight is 430 g/mol. The number of anilines is 1. The first-order valence-electron chi connectivity index (χ1n) is 10.7. The lowest BCUT2D eigenvalue weighted by Crippen LogP contribution is -2.41. The first-order valence-corrected chi connectivity index (χ1v) is 11.6. The highest BCUT2D eigenvalue weighted by Gasteiger charge is 2.28. The Morgan fingerprint density at radius 2 is 1.83 bits per heavy atom. The van der Waals surface area contributed by atoms with Crippen LogP contribution in [0, 0.1) is 5.92 Å². The zero-order valence-corrected chi connectivity index (χ0v) is 18.6. The molecular weight excluding hydrogens is 398 g/mol. The van der Waals surface area contributed by atoms with Crippen LogP contribution in [0.5, 0.6) is 5.75 Å². The van der Waals surface area contributed by atoms with Gasteiger partial charge in [0.05, 0.1) is 4.88 Å². The normalized spacial score (nSPS) is 14.7. The van der Waals surface area contributed by atoms with Gasteiger partial charge in [-0.3, -0.25) is 9.59 Å². The Balaban J connectivity index is 1.42. The number of carbonyl (C=O) groups is 2. The largest absolute Gasteiger partial charge is 0.492 e. The Morgan fingerprint density at radius 1 is 1.13 bits per heavy atom. The molecule has 0 unspecified atom stereocenters. The third-order valence-corrected chi connectivity index (χ3v) is 6.44. The van der Waals surface area contributed by atoms with Crippen molar-refractivity contribution in [2.45, 2.75) is 26.7 Å². The fraction of sp³-hybridized carbons (Fsp3) is 0.478. The van der Waals surface area contributed by atoms with Crippen LogP contribution in [0.4, 0.5) is 5.69 Å². The molecule has 1 saturated heterocycles. The smallest absolute Gasteiger partial charge is 0.263 e. The van der Waals surface area contributed by atoms with Gasteiger partial charge < -0.3 is 19.9 Å². The molecule has 0 saturated carbocycles. The minimum absolute atomic E-state index is 0.0217. The van der Waals surface area contributed by atoms with Crippen LogP contribution in [0.2, 0.25) is 0 Å². The highest BCUT2D eigenvalue weighted by molar-refractivity contribution is 7.12. The highest BCUT2D eigenvalue weighted by atomic mass is 32.1. The van der Waals surface area contributed by atoms with Gasteiger partial charge in [0.25, 0.3) is 5.91 Å². The molecule has 1 aromatic carbocycles. The Bertz CT molecular complexity index is 796. The minimum Gasteiger partial charge on any atom is -0.492 e. The molecule has 6 nitrogen and oxygen atoms in total. The van der Waals surface area contributed by atoms with E-state index in [9.17, 15) is 9.59 Å². The number of nitrogens with zero attached hydrogens (tertiary/aromatic N) is 2. The van der Waals surface area contributed by atoms with Gasteiger partial charge in [-0.25, -0.2) is 0 Å². The summed E-state index contributed by atoms with van der Waals surface area (Å²) in [6, 6.07) is 11.3. The number of likely N-dealkylation sites (tertiary alicyclic amines) is 1. The number of piperidine rings is 1. The summed E-state index contributed by atoms with van der Waals surface area (Å²) in [5.74, 6) is 0.830. The van der Waals surface area contributed by atoms with Gasteiger partial charge in [0, 0.05) is 31.2 Å². The van der Waals surface area contributed by atoms with Crippen LogP contribution in [0.15, 0.2) is 41.8 Å². The van der Waals surface area contributed by atoms with Crippen molar-refractivity contribution in [1.29, 1.82) is 0 Å². The number of ether oxygens (including phenoxy) is 1. The van der Waals surface area contributed by atoms with Crippen molar-refractivity contribution < 1.29 is 14.3 Å². The van der Waals surface area contributed by atoms with Crippen LogP contribution in [-0.4, -0.2) is 60.9 Å². The molecule has 7 heteroatoms. The van der Waals surface area contributed by atoms with Gasteiger partial charge in [-0.15, -0.1) is 11.3 Å². The Kier molecular flexibility index (Phi) is 8.28. The summed E-state index contributed by atoms with van der Waals surface area (Å²) in [5, 5.41) is 4.91. The molecule has 1 aromatic heterocycles. The molecule has 0 aliphatic carbocycles. The van der Waals surface area contributed by atoms with Gasteiger partial charge in [0.2, 0.25) is 5.91 Å². The van der Waals surface area contributed by atoms with Crippen molar-refractivity contribution >= 4 is 28.8 Å². The van der Waals surface area contributed by atoms with Crippen LogP contribution >= 0.6 is 11.3 Å². The van der Waals surface area contributed by atoms with Crippen molar-refractivity contribution in [3.05, 3.63) is 46.7 Å². The quantitative estimate of drug-likeness (QED) is 0.655. The number of benzene rings is 1. The molecule has 1 fully saturated rings. The van der Waals surface area contributed by atoms with Crippen LogP contribution in [0.1, 0.15) is 36.4 Å². The summed E-state index contributed by atoms with van der Waals surface area (Å²) in [6.45, 7) is 9.12. The zero-order valence-electron chi connectivity index (χ0n) is 17.8. The number of thiophene rings is 1. The van der Waals surface area contributed by atoms with Gasteiger partial charge in [-0.05, 0) is 61.6 Å². The summed E-state index contributed by atoms with van der Waals surface area (Å²) >= 11 is 1.46. The van der Waals surface area contributed by atoms with E-state index in [-0.39, 0.29) is 17.7 Å². The maximum atomic E-state index is 12.6. The molecule has 0 bridgehead atoms. The molecule has 30 heavy (non-hydrogen) atoms. The van der Waals surface area contributed by atoms with E-state index in [4.69, 9.17) is 4.74 Å². The molecule has 162 valence electrons. The summed E-state index contributed by atoms with van der Waals surface area (Å²) in [6.07, 6.45) is 1.38. The van der Waals surface area contributed by atoms with Crippen molar-refractivity contribution in [2.75, 3.05) is 44.6 Å². The van der Waals surface area contributed by atoms with Gasteiger partial charge in [-0.1, -0.05) is 19.9 Å². The summed E-state index contributed by atoms with van der Waals surface area (Å²) in [4.78, 5) is 30.0. The van der Waals surface area contributed by atoms with Crippen LogP contribution < -0.4 is 10.1 Å². The van der Waals surface area contributed by atoms with Gasteiger partial charge in [-0.2, -0.15) is 0 Å². The van der Waals surface area contributed by atoms with E-state index in [1.54, 1.807) is 0 Å². The molecule has 3 rings (SSSR count). The maximum Gasteiger partial charge on any atom is 0.263 e. The Labute approximate surface area is 182 Å². The SMILES string of the molecule is CCN(CC)CCOc1ccc(NC(=O)C2CCN(C(=O)c3cccs3)CC2)cc1.